The first kappa shape index (κ1) is 13.8. The molecular weight excluding hydrogens is 236 g/mol. The maximum atomic E-state index is 5.65. The van der Waals surface area contributed by atoms with E-state index in [9.17, 15) is 0 Å². The summed E-state index contributed by atoms with van der Waals surface area (Å²) in [6, 6.07) is 10.8. The smallest absolute Gasteiger partial charge is 0.101 e. The van der Waals surface area contributed by atoms with E-state index in [4.69, 9.17) is 10.3 Å². The van der Waals surface area contributed by atoms with Crippen molar-refractivity contribution >= 4 is 0 Å². The molecule has 1 heterocycles. The zero-order valence-corrected chi connectivity index (χ0v) is 11.8. The number of furan rings is 1. The Morgan fingerprint density at radius 1 is 1.16 bits per heavy atom. The molecule has 0 aliphatic rings. The van der Waals surface area contributed by atoms with Crippen LogP contribution < -0.4 is 11.3 Å². The third kappa shape index (κ3) is 3.46. The summed E-state index contributed by atoms with van der Waals surface area (Å²) in [7, 11) is 0. The van der Waals surface area contributed by atoms with Crippen LogP contribution in [0.2, 0.25) is 0 Å². The summed E-state index contributed by atoms with van der Waals surface area (Å²) < 4.78 is 5.34. The van der Waals surface area contributed by atoms with Crippen LogP contribution in [0.1, 0.15) is 48.3 Å². The molecule has 0 bridgehead atoms. The van der Waals surface area contributed by atoms with Gasteiger partial charge in [-0.15, -0.1) is 0 Å². The first-order chi connectivity index (χ1) is 9.10. The predicted molar refractivity (Wildman–Crippen MR) is 77.7 cm³/mol. The fourth-order valence-corrected chi connectivity index (χ4v) is 2.19. The van der Waals surface area contributed by atoms with E-state index in [0.29, 0.717) is 5.92 Å². The molecule has 0 spiro atoms. The van der Waals surface area contributed by atoms with Gasteiger partial charge in [-0.25, -0.2) is 0 Å². The number of rotatable bonds is 5. The Bertz CT molecular complexity index is 514. The topological polar surface area (TPSA) is 51.2 Å². The second kappa shape index (κ2) is 6.04. The molecule has 3 N–H and O–H groups in total. The number of hydrogen-bond acceptors (Lipinski definition) is 3. The van der Waals surface area contributed by atoms with Gasteiger partial charge in [-0.2, -0.15) is 0 Å². The maximum Gasteiger partial charge on any atom is 0.101 e. The fourth-order valence-electron chi connectivity index (χ4n) is 2.19. The van der Waals surface area contributed by atoms with E-state index in [-0.39, 0.29) is 6.04 Å². The highest BCUT2D eigenvalue weighted by atomic mass is 16.3. The molecule has 1 atom stereocenters. The van der Waals surface area contributed by atoms with E-state index in [0.717, 1.165) is 17.7 Å². The van der Waals surface area contributed by atoms with Crippen molar-refractivity contribution in [3.8, 4) is 0 Å². The van der Waals surface area contributed by atoms with Gasteiger partial charge in [-0.05, 0) is 36.5 Å². The summed E-state index contributed by atoms with van der Waals surface area (Å²) >= 11 is 0. The third-order valence-electron chi connectivity index (χ3n) is 3.44. The minimum Gasteiger partial charge on any atom is -0.469 e. The number of nitrogens with one attached hydrogen (secondary N) is 1. The van der Waals surface area contributed by atoms with Crippen LogP contribution >= 0.6 is 0 Å². The average Bonchev–Trinajstić information content (AvgIpc) is 2.83. The lowest BCUT2D eigenvalue weighted by Gasteiger charge is -2.14. The van der Waals surface area contributed by atoms with Gasteiger partial charge in [0.2, 0.25) is 0 Å². The van der Waals surface area contributed by atoms with E-state index < -0.39 is 0 Å². The second-order valence-corrected chi connectivity index (χ2v) is 5.31. The SMILES string of the molecule is Cc1cc(C(Cc2ccc(C(C)C)cc2)NN)co1. The van der Waals surface area contributed by atoms with Gasteiger partial charge in [0.25, 0.3) is 0 Å². The molecule has 0 aliphatic carbocycles. The zero-order valence-electron chi connectivity index (χ0n) is 11.8. The largest absolute Gasteiger partial charge is 0.469 e. The van der Waals surface area contributed by atoms with Crippen molar-refractivity contribution in [1.29, 1.82) is 0 Å². The van der Waals surface area contributed by atoms with Crippen molar-refractivity contribution in [3.05, 3.63) is 59.0 Å². The predicted octanol–water partition coefficient (Wildman–Crippen LogP) is 3.46. The van der Waals surface area contributed by atoms with Crippen LogP contribution in [0, 0.1) is 6.92 Å². The molecule has 19 heavy (non-hydrogen) atoms. The highest BCUT2D eigenvalue weighted by molar-refractivity contribution is 5.27. The maximum absolute atomic E-state index is 5.65. The van der Waals surface area contributed by atoms with Crippen LogP contribution in [0.5, 0.6) is 0 Å². The van der Waals surface area contributed by atoms with Gasteiger partial charge in [0, 0.05) is 5.56 Å². The van der Waals surface area contributed by atoms with Crippen LogP contribution in [0.4, 0.5) is 0 Å². The van der Waals surface area contributed by atoms with Crippen molar-refractivity contribution in [1.82, 2.24) is 5.43 Å². The number of nitrogens with two attached hydrogens (primary N) is 1. The molecule has 3 heteroatoms. The Hall–Kier alpha value is -1.58. The van der Waals surface area contributed by atoms with Gasteiger partial charge in [-0.1, -0.05) is 38.1 Å². The highest BCUT2D eigenvalue weighted by Crippen LogP contribution is 2.21. The number of benzene rings is 1. The minimum atomic E-state index is 0.0855. The van der Waals surface area contributed by atoms with Crippen LogP contribution in [-0.2, 0) is 6.42 Å². The van der Waals surface area contributed by atoms with Crippen molar-refractivity contribution in [2.24, 2.45) is 5.84 Å². The Kier molecular flexibility index (Phi) is 4.40. The molecule has 0 amide bonds. The van der Waals surface area contributed by atoms with Crippen molar-refractivity contribution in [2.75, 3.05) is 0 Å². The molecule has 2 rings (SSSR count). The van der Waals surface area contributed by atoms with E-state index in [1.165, 1.54) is 11.1 Å². The zero-order chi connectivity index (χ0) is 13.8. The Morgan fingerprint density at radius 3 is 2.32 bits per heavy atom. The Balaban J connectivity index is 2.10. The van der Waals surface area contributed by atoms with Crippen LogP contribution in [-0.4, -0.2) is 0 Å². The highest BCUT2D eigenvalue weighted by Gasteiger charge is 2.13. The molecule has 3 nitrogen and oxygen atoms in total. The standard InChI is InChI=1S/C16H22N2O/c1-11(2)14-6-4-13(5-7-14)9-16(18-17)15-8-12(3)19-10-15/h4-8,10-11,16,18H,9,17H2,1-3H3. The van der Waals surface area contributed by atoms with Crippen LogP contribution in [0.3, 0.4) is 0 Å². The molecule has 0 radical (unpaired) electrons. The van der Waals surface area contributed by atoms with Gasteiger partial charge in [0.15, 0.2) is 0 Å². The molecule has 2 aromatic rings. The summed E-state index contributed by atoms with van der Waals surface area (Å²) in [5.41, 5.74) is 6.58. The first-order valence-corrected chi connectivity index (χ1v) is 6.70. The molecule has 0 aliphatic heterocycles. The first-order valence-electron chi connectivity index (χ1n) is 6.70. The van der Waals surface area contributed by atoms with E-state index >= 15 is 0 Å². The number of aryl methyl sites for hydroxylation is 1. The monoisotopic (exact) mass is 258 g/mol. The number of hydrazine groups is 1. The Labute approximate surface area is 114 Å². The molecule has 1 aromatic carbocycles. The summed E-state index contributed by atoms with van der Waals surface area (Å²) in [5, 5.41) is 0. The molecule has 0 saturated carbocycles. The quantitative estimate of drug-likeness (QED) is 0.638. The minimum absolute atomic E-state index is 0.0855. The average molecular weight is 258 g/mol. The van der Waals surface area contributed by atoms with E-state index in [1.807, 2.05) is 13.0 Å². The second-order valence-electron chi connectivity index (χ2n) is 5.31. The summed E-state index contributed by atoms with van der Waals surface area (Å²) in [6.07, 6.45) is 2.62. The fraction of sp³-hybridized carbons (Fsp3) is 0.375. The summed E-state index contributed by atoms with van der Waals surface area (Å²) in [5.74, 6) is 7.12. The summed E-state index contributed by atoms with van der Waals surface area (Å²) in [6.45, 7) is 6.34. The lowest BCUT2D eigenvalue weighted by molar-refractivity contribution is 0.511. The van der Waals surface area contributed by atoms with E-state index in [1.54, 1.807) is 6.26 Å². The third-order valence-corrected chi connectivity index (χ3v) is 3.44. The summed E-state index contributed by atoms with van der Waals surface area (Å²) in [4.78, 5) is 0. The van der Waals surface area contributed by atoms with Crippen LogP contribution in [0.25, 0.3) is 0 Å². The van der Waals surface area contributed by atoms with Gasteiger partial charge in [0.05, 0.1) is 12.3 Å². The lowest BCUT2D eigenvalue weighted by atomic mass is 9.97. The molecular formula is C16H22N2O. The van der Waals surface area contributed by atoms with E-state index in [2.05, 4.69) is 43.5 Å². The number of hydrogen-bond donors (Lipinski definition) is 2. The molecule has 1 unspecified atom stereocenters. The van der Waals surface area contributed by atoms with Gasteiger partial charge in [-0.3, -0.25) is 11.3 Å². The van der Waals surface area contributed by atoms with Gasteiger partial charge >= 0.3 is 0 Å². The van der Waals surface area contributed by atoms with Crippen molar-refractivity contribution in [2.45, 2.75) is 39.2 Å². The van der Waals surface area contributed by atoms with Gasteiger partial charge in [0.1, 0.15) is 5.76 Å². The van der Waals surface area contributed by atoms with Crippen LogP contribution in [0.15, 0.2) is 41.0 Å². The normalized spacial score (nSPS) is 12.9. The Morgan fingerprint density at radius 2 is 1.84 bits per heavy atom. The molecule has 1 aromatic heterocycles. The lowest BCUT2D eigenvalue weighted by Crippen LogP contribution is -2.29. The molecule has 0 saturated heterocycles. The van der Waals surface area contributed by atoms with Crippen molar-refractivity contribution in [3.63, 3.8) is 0 Å². The van der Waals surface area contributed by atoms with Crippen molar-refractivity contribution < 1.29 is 4.42 Å². The molecule has 102 valence electrons. The molecule has 0 fully saturated rings. The van der Waals surface area contributed by atoms with Gasteiger partial charge < -0.3 is 4.42 Å².